The number of methoxy groups -OCH3 is 1. The molecule has 0 saturated carbocycles. The lowest BCUT2D eigenvalue weighted by Gasteiger charge is -2.28. The van der Waals surface area contributed by atoms with E-state index in [1.807, 2.05) is 0 Å². The molecule has 0 amide bonds. The molecule has 0 spiro atoms. The van der Waals surface area contributed by atoms with Crippen molar-refractivity contribution in [2.75, 3.05) is 13.7 Å². The fraction of sp³-hybridized carbons (Fsp3) is 0.538. The highest BCUT2D eigenvalue weighted by Crippen LogP contribution is 2.27. The van der Waals surface area contributed by atoms with Crippen LogP contribution in [-0.4, -0.2) is 34.2 Å². The zero-order valence-corrected chi connectivity index (χ0v) is 13.9. The molecule has 0 aliphatic carbocycles. The number of hydrogen-bond acceptors (Lipinski definition) is 4. The number of ether oxygens (including phenoxy) is 1. The minimum absolute atomic E-state index is 0.0330. The number of hydrogen-bond donors (Lipinski definition) is 2. The summed E-state index contributed by atoms with van der Waals surface area (Å²) in [6.45, 7) is 2.88. The minimum Gasteiger partial charge on any atom is -0.497 e. The zero-order chi connectivity index (χ0) is 14.8. The van der Waals surface area contributed by atoms with E-state index in [-0.39, 0.29) is 10.9 Å². The number of nitrogens with one attached hydrogen (secondary N) is 2. The van der Waals surface area contributed by atoms with Crippen LogP contribution in [0.25, 0.3) is 0 Å². The van der Waals surface area contributed by atoms with E-state index < -0.39 is 10.0 Å². The maximum atomic E-state index is 12.5. The molecular formula is C13H19BrN2O3S. The van der Waals surface area contributed by atoms with Gasteiger partial charge in [0.25, 0.3) is 0 Å². The fourth-order valence-electron chi connectivity index (χ4n) is 2.34. The van der Waals surface area contributed by atoms with E-state index in [1.165, 1.54) is 13.2 Å². The molecule has 2 rings (SSSR count). The highest BCUT2D eigenvalue weighted by molar-refractivity contribution is 9.10. The molecule has 1 aliphatic heterocycles. The quantitative estimate of drug-likeness (QED) is 0.857. The lowest BCUT2D eigenvalue weighted by molar-refractivity contribution is 0.361. The molecule has 1 saturated heterocycles. The van der Waals surface area contributed by atoms with E-state index in [9.17, 15) is 8.42 Å². The van der Waals surface area contributed by atoms with E-state index in [2.05, 4.69) is 32.9 Å². The normalized spacial score (nSPS) is 23.6. The van der Waals surface area contributed by atoms with Crippen LogP contribution >= 0.6 is 15.9 Å². The Kier molecular flexibility index (Phi) is 5.06. The van der Waals surface area contributed by atoms with Gasteiger partial charge < -0.3 is 10.1 Å². The Bertz CT molecular complexity index is 577. The summed E-state index contributed by atoms with van der Waals surface area (Å²) in [7, 11) is -2.04. The second-order valence-corrected chi connectivity index (χ2v) is 7.53. The van der Waals surface area contributed by atoms with Crippen molar-refractivity contribution in [3.05, 3.63) is 22.7 Å². The van der Waals surface area contributed by atoms with E-state index in [4.69, 9.17) is 4.74 Å². The number of piperidine rings is 1. The molecule has 20 heavy (non-hydrogen) atoms. The lowest BCUT2D eigenvalue weighted by Crippen LogP contribution is -2.46. The van der Waals surface area contributed by atoms with Crippen LogP contribution in [0.1, 0.15) is 19.8 Å². The topological polar surface area (TPSA) is 67.4 Å². The summed E-state index contributed by atoms with van der Waals surface area (Å²) in [4.78, 5) is 0.211. The summed E-state index contributed by atoms with van der Waals surface area (Å²) < 4.78 is 33.4. The molecule has 112 valence electrons. The van der Waals surface area contributed by atoms with Gasteiger partial charge in [0.2, 0.25) is 10.0 Å². The predicted octanol–water partition coefficient (Wildman–Crippen LogP) is 1.88. The third kappa shape index (κ3) is 3.72. The Balaban J connectivity index is 2.21. The zero-order valence-electron chi connectivity index (χ0n) is 11.5. The van der Waals surface area contributed by atoms with Crippen molar-refractivity contribution in [3.63, 3.8) is 0 Å². The summed E-state index contributed by atoms with van der Waals surface area (Å²) >= 11 is 3.29. The van der Waals surface area contributed by atoms with Crippen molar-refractivity contribution < 1.29 is 13.2 Å². The van der Waals surface area contributed by atoms with Crippen LogP contribution in [-0.2, 0) is 10.0 Å². The number of halogens is 1. The van der Waals surface area contributed by atoms with Crippen molar-refractivity contribution in [2.45, 2.75) is 36.7 Å². The summed E-state index contributed by atoms with van der Waals surface area (Å²) in [5.74, 6) is 0.521. The molecule has 1 aliphatic rings. The summed E-state index contributed by atoms with van der Waals surface area (Å²) in [6, 6.07) is 5.21. The van der Waals surface area contributed by atoms with Gasteiger partial charge in [0.1, 0.15) is 5.75 Å². The van der Waals surface area contributed by atoms with Gasteiger partial charge in [0.05, 0.1) is 12.0 Å². The second kappa shape index (κ2) is 6.43. The van der Waals surface area contributed by atoms with Crippen LogP contribution in [0.2, 0.25) is 0 Å². The molecule has 0 bridgehead atoms. The standard InChI is InChI=1S/C13H19BrN2O3S/c1-9-7-10(5-6-15-9)16-20(17,18)13-8-11(19-2)3-4-12(13)14/h3-4,8-10,15-16H,5-7H2,1-2H3. The van der Waals surface area contributed by atoms with Gasteiger partial charge in [-0.25, -0.2) is 13.1 Å². The van der Waals surface area contributed by atoms with Crippen LogP contribution < -0.4 is 14.8 Å². The molecule has 2 N–H and O–H groups in total. The smallest absolute Gasteiger partial charge is 0.242 e. The molecule has 1 aromatic rings. The lowest BCUT2D eigenvalue weighted by atomic mass is 10.0. The van der Waals surface area contributed by atoms with Gasteiger partial charge in [-0.05, 0) is 54.4 Å². The first-order chi connectivity index (χ1) is 9.42. The van der Waals surface area contributed by atoms with Gasteiger partial charge in [-0.1, -0.05) is 0 Å². The molecule has 0 radical (unpaired) electrons. The van der Waals surface area contributed by atoms with Gasteiger partial charge >= 0.3 is 0 Å². The molecule has 2 atom stereocenters. The first kappa shape index (κ1) is 15.8. The van der Waals surface area contributed by atoms with Crippen LogP contribution in [0.4, 0.5) is 0 Å². The Morgan fingerprint density at radius 2 is 2.20 bits per heavy atom. The number of benzene rings is 1. The first-order valence-corrected chi connectivity index (χ1v) is 8.79. The third-order valence-corrected chi connectivity index (χ3v) is 5.89. The Morgan fingerprint density at radius 3 is 2.85 bits per heavy atom. The van der Waals surface area contributed by atoms with E-state index in [0.717, 1.165) is 19.4 Å². The van der Waals surface area contributed by atoms with Crippen molar-refractivity contribution >= 4 is 26.0 Å². The highest BCUT2D eigenvalue weighted by atomic mass is 79.9. The molecule has 7 heteroatoms. The molecule has 2 unspecified atom stereocenters. The molecule has 5 nitrogen and oxygen atoms in total. The van der Waals surface area contributed by atoms with Gasteiger partial charge in [-0.3, -0.25) is 0 Å². The average Bonchev–Trinajstić information content (AvgIpc) is 2.38. The summed E-state index contributed by atoms with van der Waals surface area (Å²) in [6.07, 6.45) is 1.59. The largest absolute Gasteiger partial charge is 0.497 e. The van der Waals surface area contributed by atoms with E-state index in [0.29, 0.717) is 16.3 Å². The number of sulfonamides is 1. The second-order valence-electron chi connectivity index (χ2n) is 4.99. The molecular weight excluding hydrogens is 344 g/mol. The molecule has 1 heterocycles. The predicted molar refractivity (Wildman–Crippen MR) is 81.5 cm³/mol. The summed E-state index contributed by atoms with van der Waals surface area (Å²) in [5, 5.41) is 3.30. The van der Waals surface area contributed by atoms with Crippen molar-refractivity contribution in [2.24, 2.45) is 0 Å². The van der Waals surface area contributed by atoms with Crippen LogP contribution in [0, 0.1) is 0 Å². The maximum absolute atomic E-state index is 12.5. The Labute approximate surface area is 128 Å². The monoisotopic (exact) mass is 362 g/mol. The van der Waals surface area contributed by atoms with Gasteiger partial charge in [-0.15, -0.1) is 0 Å². The third-order valence-electron chi connectivity index (χ3n) is 3.37. The number of rotatable bonds is 4. The molecule has 1 aromatic carbocycles. The van der Waals surface area contributed by atoms with Gasteiger partial charge in [0.15, 0.2) is 0 Å². The van der Waals surface area contributed by atoms with Gasteiger partial charge in [0, 0.05) is 22.6 Å². The summed E-state index contributed by atoms with van der Waals surface area (Å²) in [5.41, 5.74) is 0. The SMILES string of the molecule is COc1ccc(Br)c(S(=O)(=O)NC2CCNC(C)C2)c1. The van der Waals surface area contributed by atoms with E-state index in [1.54, 1.807) is 12.1 Å². The Hall–Kier alpha value is -0.630. The average molecular weight is 363 g/mol. The molecule has 1 fully saturated rings. The van der Waals surface area contributed by atoms with Crippen LogP contribution in [0.5, 0.6) is 5.75 Å². The van der Waals surface area contributed by atoms with Crippen molar-refractivity contribution in [1.29, 1.82) is 0 Å². The van der Waals surface area contributed by atoms with Crippen molar-refractivity contribution in [1.82, 2.24) is 10.0 Å². The Morgan fingerprint density at radius 1 is 1.45 bits per heavy atom. The molecule has 0 aromatic heterocycles. The fourth-order valence-corrected chi connectivity index (χ4v) is 4.60. The van der Waals surface area contributed by atoms with Crippen LogP contribution in [0.3, 0.4) is 0 Å². The minimum atomic E-state index is -3.55. The van der Waals surface area contributed by atoms with E-state index >= 15 is 0 Å². The highest BCUT2D eigenvalue weighted by Gasteiger charge is 2.26. The van der Waals surface area contributed by atoms with Crippen molar-refractivity contribution in [3.8, 4) is 5.75 Å². The maximum Gasteiger partial charge on any atom is 0.242 e. The first-order valence-electron chi connectivity index (χ1n) is 6.51. The van der Waals surface area contributed by atoms with Gasteiger partial charge in [-0.2, -0.15) is 0 Å². The van der Waals surface area contributed by atoms with Crippen LogP contribution in [0.15, 0.2) is 27.6 Å².